The lowest BCUT2D eigenvalue weighted by Crippen LogP contribution is -2.05. The monoisotopic (exact) mass is 304 g/mol. The fourth-order valence-electron chi connectivity index (χ4n) is 1.46. The summed E-state index contributed by atoms with van der Waals surface area (Å²) in [5, 5.41) is 0.262. The molecule has 0 fully saturated rings. The summed E-state index contributed by atoms with van der Waals surface area (Å²) < 4.78 is 39.1. The highest BCUT2D eigenvalue weighted by molar-refractivity contribution is 9.08. The molecule has 2 nitrogen and oxygen atoms in total. The van der Waals surface area contributed by atoms with E-state index in [0.29, 0.717) is 11.5 Å². The largest absolute Gasteiger partial charge is 0.434 e. The van der Waals surface area contributed by atoms with Crippen molar-refractivity contribution >= 4 is 15.9 Å². The maximum absolute atomic E-state index is 12.5. The summed E-state index contributed by atoms with van der Waals surface area (Å²) in [5.41, 5.74) is -0.222. The topological polar surface area (TPSA) is 17.8 Å². The Labute approximate surface area is 104 Å². The van der Waals surface area contributed by atoms with Gasteiger partial charge in [0, 0.05) is 11.9 Å². The molecule has 1 heterocycles. The van der Waals surface area contributed by atoms with Gasteiger partial charge in [-0.2, -0.15) is 13.2 Å². The Morgan fingerprint density at radius 3 is 2.35 bits per heavy atom. The summed E-state index contributed by atoms with van der Waals surface area (Å²) in [6.07, 6.45) is -3.41. The van der Waals surface area contributed by atoms with E-state index in [4.69, 9.17) is 0 Å². The normalized spacial score (nSPS) is 11.8. The number of imidazole rings is 1. The van der Waals surface area contributed by atoms with E-state index < -0.39 is 11.9 Å². The van der Waals surface area contributed by atoms with Crippen LogP contribution in [0.15, 0.2) is 36.5 Å². The van der Waals surface area contributed by atoms with Crippen LogP contribution >= 0.6 is 15.9 Å². The van der Waals surface area contributed by atoms with Crippen molar-refractivity contribution in [3.05, 3.63) is 48.0 Å². The number of halogens is 4. The Balaban J connectivity index is 2.51. The molecular weight excluding hydrogens is 297 g/mol. The van der Waals surface area contributed by atoms with Gasteiger partial charge in [-0.05, 0) is 12.1 Å². The van der Waals surface area contributed by atoms with Crippen molar-refractivity contribution in [2.75, 3.05) is 0 Å². The van der Waals surface area contributed by atoms with Gasteiger partial charge < -0.3 is 4.57 Å². The highest BCUT2D eigenvalue weighted by Crippen LogP contribution is 2.29. The third kappa shape index (κ3) is 2.52. The second-order valence-corrected chi connectivity index (χ2v) is 3.94. The van der Waals surface area contributed by atoms with Crippen molar-refractivity contribution < 1.29 is 13.2 Å². The van der Waals surface area contributed by atoms with Gasteiger partial charge in [-0.1, -0.05) is 34.1 Å². The molecule has 0 aliphatic carbocycles. The van der Waals surface area contributed by atoms with Gasteiger partial charge in [-0.15, -0.1) is 0 Å². The molecule has 0 saturated carbocycles. The average Bonchev–Trinajstić information content (AvgIpc) is 2.73. The quantitative estimate of drug-likeness (QED) is 0.772. The van der Waals surface area contributed by atoms with Gasteiger partial charge >= 0.3 is 6.18 Å². The third-order valence-corrected chi connectivity index (χ3v) is 2.72. The van der Waals surface area contributed by atoms with Crippen molar-refractivity contribution in [2.45, 2.75) is 11.5 Å². The van der Waals surface area contributed by atoms with Crippen LogP contribution in [0.5, 0.6) is 0 Å². The van der Waals surface area contributed by atoms with Crippen LogP contribution in [0.25, 0.3) is 5.69 Å². The Kier molecular flexibility index (Phi) is 3.24. The van der Waals surface area contributed by atoms with Gasteiger partial charge in [-0.3, -0.25) is 0 Å². The average molecular weight is 305 g/mol. The number of aromatic nitrogens is 2. The van der Waals surface area contributed by atoms with Crippen molar-refractivity contribution in [2.24, 2.45) is 0 Å². The highest BCUT2D eigenvalue weighted by Gasteiger charge is 2.34. The van der Waals surface area contributed by atoms with Crippen molar-refractivity contribution in [3.63, 3.8) is 0 Å². The lowest BCUT2D eigenvalue weighted by atomic mass is 10.3. The van der Waals surface area contributed by atoms with Gasteiger partial charge in [0.15, 0.2) is 5.69 Å². The van der Waals surface area contributed by atoms with Crippen LogP contribution in [0.3, 0.4) is 0 Å². The van der Waals surface area contributed by atoms with Gasteiger partial charge in [0.1, 0.15) is 5.82 Å². The van der Waals surface area contributed by atoms with Gasteiger partial charge in [-0.25, -0.2) is 4.98 Å². The van der Waals surface area contributed by atoms with E-state index in [0.717, 1.165) is 6.20 Å². The summed E-state index contributed by atoms with van der Waals surface area (Å²) in [4.78, 5) is 3.57. The molecule has 0 atom stereocenters. The number of para-hydroxylation sites is 1. The Hall–Kier alpha value is -1.30. The first-order chi connectivity index (χ1) is 8.02. The summed E-state index contributed by atoms with van der Waals surface area (Å²) in [6.45, 7) is 0. The maximum Gasteiger partial charge on any atom is 0.434 e. The molecule has 2 rings (SSSR count). The van der Waals surface area contributed by atoms with Crippen molar-refractivity contribution in [3.8, 4) is 5.69 Å². The first-order valence-corrected chi connectivity index (χ1v) is 5.91. The number of rotatable bonds is 2. The molecular formula is C11H8BrF3N2. The van der Waals surface area contributed by atoms with E-state index in [1.807, 2.05) is 0 Å². The molecule has 0 bridgehead atoms. The van der Waals surface area contributed by atoms with Crippen molar-refractivity contribution in [1.29, 1.82) is 0 Å². The van der Waals surface area contributed by atoms with E-state index in [-0.39, 0.29) is 5.33 Å². The molecule has 0 amide bonds. The van der Waals surface area contributed by atoms with Crippen LogP contribution in [-0.4, -0.2) is 9.55 Å². The second kappa shape index (κ2) is 4.52. The summed E-state index contributed by atoms with van der Waals surface area (Å²) in [5.74, 6) is 0.323. The fraction of sp³-hybridized carbons (Fsp3) is 0.182. The molecule has 1 aromatic carbocycles. The van der Waals surface area contributed by atoms with Crippen LogP contribution in [0.2, 0.25) is 0 Å². The predicted octanol–water partition coefficient (Wildman–Crippen LogP) is 3.79. The van der Waals surface area contributed by atoms with E-state index in [2.05, 4.69) is 20.9 Å². The fourth-order valence-corrected chi connectivity index (χ4v) is 1.86. The predicted molar refractivity (Wildman–Crippen MR) is 61.2 cm³/mol. The molecule has 0 radical (unpaired) electrons. The zero-order chi connectivity index (χ0) is 12.5. The summed E-state index contributed by atoms with van der Waals surface area (Å²) >= 11 is 3.14. The molecule has 2 aromatic rings. The van der Waals surface area contributed by atoms with Crippen LogP contribution in [-0.2, 0) is 11.5 Å². The van der Waals surface area contributed by atoms with Crippen LogP contribution < -0.4 is 0 Å². The standard InChI is InChI=1S/C11H8BrF3N2/c12-6-10-16-9(11(13,14)15)7-17(10)8-4-2-1-3-5-8/h1-5,7H,6H2. The molecule has 0 aliphatic heterocycles. The number of alkyl halides is 4. The molecule has 1 aromatic heterocycles. The lowest BCUT2D eigenvalue weighted by Gasteiger charge is -2.04. The molecule has 0 spiro atoms. The SMILES string of the molecule is FC(F)(F)c1cn(-c2ccccc2)c(CBr)n1. The zero-order valence-corrected chi connectivity index (χ0v) is 10.2. The Morgan fingerprint density at radius 2 is 1.82 bits per heavy atom. The molecule has 0 aliphatic rings. The van der Waals surface area contributed by atoms with Gasteiger partial charge in [0.25, 0.3) is 0 Å². The second-order valence-electron chi connectivity index (χ2n) is 3.38. The van der Waals surface area contributed by atoms with Crippen LogP contribution in [0.1, 0.15) is 11.5 Å². The molecule has 6 heteroatoms. The highest BCUT2D eigenvalue weighted by atomic mass is 79.9. The Morgan fingerprint density at radius 1 is 1.18 bits per heavy atom. The van der Waals surface area contributed by atoms with Gasteiger partial charge in [0.2, 0.25) is 0 Å². The smallest absolute Gasteiger partial charge is 0.302 e. The minimum atomic E-state index is -4.42. The lowest BCUT2D eigenvalue weighted by molar-refractivity contribution is -0.141. The van der Waals surface area contributed by atoms with Crippen LogP contribution in [0.4, 0.5) is 13.2 Å². The number of nitrogens with zero attached hydrogens (tertiary/aromatic N) is 2. The maximum atomic E-state index is 12.5. The van der Waals surface area contributed by atoms with E-state index in [9.17, 15) is 13.2 Å². The zero-order valence-electron chi connectivity index (χ0n) is 8.58. The molecule has 0 saturated heterocycles. The summed E-state index contributed by atoms with van der Waals surface area (Å²) in [7, 11) is 0. The van der Waals surface area contributed by atoms with E-state index in [1.54, 1.807) is 30.3 Å². The minimum absolute atomic E-state index is 0.262. The van der Waals surface area contributed by atoms with E-state index >= 15 is 0 Å². The first-order valence-electron chi connectivity index (χ1n) is 4.79. The molecule has 17 heavy (non-hydrogen) atoms. The van der Waals surface area contributed by atoms with Gasteiger partial charge in [0.05, 0.1) is 5.33 Å². The number of hydrogen-bond acceptors (Lipinski definition) is 1. The Bertz CT molecular complexity index is 505. The number of hydrogen-bond donors (Lipinski definition) is 0. The van der Waals surface area contributed by atoms with E-state index in [1.165, 1.54) is 4.57 Å². The summed E-state index contributed by atoms with van der Waals surface area (Å²) in [6, 6.07) is 8.79. The number of benzene rings is 1. The molecule has 90 valence electrons. The van der Waals surface area contributed by atoms with Crippen molar-refractivity contribution in [1.82, 2.24) is 9.55 Å². The van der Waals surface area contributed by atoms with Crippen LogP contribution in [0, 0.1) is 0 Å². The minimum Gasteiger partial charge on any atom is -0.302 e. The first kappa shape index (κ1) is 12.2. The third-order valence-electron chi connectivity index (χ3n) is 2.22. The molecule has 0 N–H and O–H groups in total. The molecule has 0 unspecified atom stereocenters.